The first-order valence-corrected chi connectivity index (χ1v) is 12.2. The fraction of sp³-hybridized carbons (Fsp3) is 0.276. The number of aryl methyl sites for hydroxylation is 1. The summed E-state index contributed by atoms with van der Waals surface area (Å²) >= 11 is 0. The number of carbonyl (C=O) groups excluding carboxylic acids is 1. The smallest absolute Gasteiger partial charge is 0.223 e. The van der Waals surface area contributed by atoms with Gasteiger partial charge in [0.2, 0.25) is 5.91 Å². The van der Waals surface area contributed by atoms with Gasteiger partial charge in [0, 0.05) is 62.2 Å². The predicted octanol–water partition coefficient (Wildman–Crippen LogP) is 5.81. The molecule has 180 valence electrons. The molecular weight excluding hydrogens is 444 g/mol. The summed E-state index contributed by atoms with van der Waals surface area (Å²) in [5.74, 6) is -0.665. The fourth-order valence-electron chi connectivity index (χ4n) is 5.13. The van der Waals surface area contributed by atoms with E-state index in [0.29, 0.717) is 38.3 Å². The van der Waals surface area contributed by atoms with Gasteiger partial charge in [-0.1, -0.05) is 42.5 Å². The number of piperazine rings is 1. The molecule has 1 atom stereocenters. The topological polar surface area (TPSA) is 28.5 Å². The highest BCUT2D eigenvalue weighted by Gasteiger charge is 2.28. The molecule has 0 spiro atoms. The number of carbonyl (C=O) groups is 1. The van der Waals surface area contributed by atoms with Crippen molar-refractivity contribution >= 4 is 22.5 Å². The summed E-state index contributed by atoms with van der Waals surface area (Å²) in [5, 5.41) is 1.11. The molecule has 6 heteroatoms. The van der Waals surface area contributed by atoms with E-state index in [4.69, 9.17) is 0 Å². The summed E-state index contributed by atoms with van der Waals surface area (Å²) in [6, 6.07) is 21.4. The summed E-state index contributed by atoms with van der Waals surface area (Å²) < 4.78 is 30.1. The van der Waals surface area contributed by atoms with Gasteiger partial charge in [0.05, 0.1) is 5.69 Å². The second-order valence-corrected chi connectivity index (χ2v) is 9.02. The van der Waals surface area contributed by atoms with Crippen LogP contribution < -0.4 is 4.90 Å². The molecule has 4 aromatic rings. The van der Waals surface area contributed by atoms with E-state index in [1.54, 1.807) is 24.3 Å². The van der Waals surface area contributed by atoms with Crippen molar-refractivity contribution in [1.29, 1.82) is 0 Å². The number of hydrogen-bond donors (Lipinski definition) is 0. The summed E-state index contributed by atoms with van der Waals surface area (Å²) in [5.41, 5.74) is 3.70. The van der Waals surface area contributed by atoms with Gasteiger partial charge < -0.3 is 14.4 Å². The van der Waals surface area contributed by atoms with E-state index in [0.717, 1.165) is 28.6 Å². The van der Waals surface area contributed by atoms with E-state index in [-0.39, 0.29) is 23.5 Å². The summed E-state index contributed by atoms with van der Waals surface area (Å²) in [7, 11) is 0. The number of anilines is 1. The molecule has 5 rings (SSSR count). The van der Waals surface area contributed by atoms with Crippen LogP contribution in [-0.2, 0) is 11.3 Å². The number of halogens is 2. The van der Waals surface area contributed by atoms with Gasteiger partial charge in [0.1, 0.15) is 11.6 Å². The van der Waals surface area contributed by atoms with Crippen LogP contribution in [-0.4, -0.2) is 41.6 Å². The molecule has 2 heterocycles. The Labute approximate surface area is 204 Å². The lowest BCUT2D eigenvalue weighted by Gasteiger charge is -2.36. The number of amides is 1. The van der Waals surface area contributed by atoms with E-state index >= 15 is 0 Å². The molecular formula is C29H29F2N3O. The molecule has 0 saturated carbocycles. The third-order valence-corrected chi connectivity index (χ3v) is 7.01. The van der Waals surface area contributed by atoms with Crippen molar-refractivity contribution in [2.75, 3.05) is 31.1 Å². The molecule has 1 saturated heterocycles. The van der Waals surface area contributed by atoms with Crippen molar-refractivity contribution in [1.82, 2.24) is 9.47 Å². The number of hydrogen-bond acceptors (Lipinski definition) is 2. The van der Waals surface area contributed by atoms with Gasteiger partial charge in [0.15, 0.2) is 0 Å². The predicted molar refractivity (Wildman–Crippen MR) is 136 cm³/mol. The van der Waals surface area contributed by atoms with Crippen molar-refractivity contribution in [3.8, 4) is 0 Å². The van der Waals surface area contributed by atoms with Crippen molar-refractivity contribution in [3.05, 3.63) is 102 Å². The highest BCUT2D eigenvalue weighted by Crippen LogP contribution is 2.35. The Morgan fingerprint density at radius 3 is 2.29 bits per heavy atom. The maximum absolute atomic E-state index is 14.2. The molecule has 1 aliphatic heterocycles. The maximum atomic E-state index is 14.2. The second kappa shape index (κ2) is 9.90. The maximum Gasteiger partial charge on any atom is 0.223 e. The Hall–Kier alpha value is -3.67. The zero-order valence-corrected chi connectivity index (χ0v) is 19.8. The second-order valence-electron chi connectivity index (χ2n) is 9.02. The Balaban J connectivity index is 1.40. The highest BCUT2D eigenvalue weighted by molar-refractivity contribution is 5.86. The van der Waals surface area contributed by atoms with Crippen LogP contribution >= 0.6 is 0 Å². The van der Waals surface area contributed by atoms with Gasteiger partial charge in [-0.05, 0) is 48.4 Å². The molecule has 0 N–H and O–H groups in total. The van der Waals surface area contributed by atoms with Crippen molar-refractivity contribution in [3.63, 3.8) is 0 Å². The molecule has 4 nitrogen and oxygen atoms in total. The number of rotatable bonds is 6. The minimum Gasteiger partial charge on any atom is -0.366 e. The highest BCUT2D eigenvalue weighted by atomic mass is 19.1. The first-order valence-electron chi connectivity index (χ1n) is 12.2. The van der Waals surface area contributed by atoms with E-state index in [9.17, 15) is 13.6 Å². The van der Waals surface area contributed by atoms with E-state index < -0.39 is 0 Å². The number of para-hydroxylation sites is 2. The molecule has 3 aromatic carbocycles. The van der Waals surface area contributed by atoms with Crippen molar-refractivity contribution in [2.45, 2.75) is 25.8 Å². The van der Waals surface area contributed by atoms with Gasteiger partial charge >= 0.3 is 0 Å². The summed E-state index contributed by atoms with van der Waals surface area (Å²) in [6.45, 7) is 5.18. The lowest BCUT2D eigenvalue weighted by molar-refractivity contribution is -0.131. The van der Waals surface area contributed by atoms with Crippen molar-refractivity contribution in [2.24, 2.45) is 0 Å². The quantitative estimate of drug-likeness (QED) is 0.354. The molecule has 35 heavy (non-hydrogen) atoms. The van der Waals surface area contributed by atoms with E-state index in [1.165, 1.54) is 18.2 Å². The van der Waals surface area contributed by atoms with Crippen LogP contribution in [0.15, 0.2) is 79.0 Å². The van der Waals surface area contributed by atoms with E-state index in [2.05, 4.69) is 29.8 Å². The normalized spacial score (nSPS) is 14.9. The monoisotopic (exact) mass is 473 g/mol. The molecule has 0 bridgehead atoms. The van der Waals surface area contributed by atoms with Crippen LogP contribution in [0.5, 0.6) is 0 Å². The molecule has 1 amide bonds. The van der Waals surface area contributed by atoms with Gasteiger partial charge in [-0.15, -0.1) is 0 Å². The molecule has 1 aromatic heterocycles. The molecule has 0 unspecified atom stereocenters. The first-order chi connectivity index (χ1) is 17.0. The third kappa shape index (κ3) is 4.65. The summed E-state index contributed by atoms with van der Waals surface area (Å²) in [6.07, 6.45) is 2.42. The van der Waals surface area contributed by atoms with E-state index in [1.807, 2.05) is 28.0 Å². The Bertz CT molecular complexity index is 1320. The van der Waals surface area contributed by atoms with Gasteiger partial charge in [-0.3, -0.25) is 4.79 Å². The average Bonchev–Trinajstić information content (AvgIpc) is 3.27. The number of fused-ring (bicyclic) bond motifs is 1. The molecule has 0 radical (unpaired) electrons. The van der Waals surface area contributed by atoms with Crippen LogP contribution in [0.2, 0.25) is 0 Å². The number of aromatic nitrogens is 1. The SMILES string of the molecule is CCn1cc([C@H](CC(=O)N2CCN(c3ccccc3F)CC2)c2ccc(F)cc2)c2ccccc21. The minimum atomic E-state index is -0.293. The van der Waals surface area contributed by atoms with Crippen LogP contribution in [0.3, 0.4) is 0 Å². The molecule has 1 fully saturated rings. The average molecular weight is 474 g/mol. The fourth-order valence-corrected chi connectivity index (χ4v) is 5.13. The number of benzene rings is 3. The van der Waals surface area contributed by atoms with Gasteiger partial charge in [0.25, 0.3) is 0 Å². The summed E-state index contributed by atoms with van der Waals surface area (Å²) in [4.78, 5) is 17.4. The van der Waals surface area contributed by atoms with Crippen LogP contribution in [0.1, 0.15) is 30.4 Å². The number of nitrogens with zero attached hydrogens (tertiary/aromatic N) is 3. The molecule has 0 aliphatic carbocycles. The Morgan fingerprint density at radius 1 is 0.886 bits per heavy atom. The van der Waals surface area contributed by atoms with Crippen molar-refractivity contribution < 1.29 is 13.6 Å². The molecule has 1 aliphatic rings. The van der Waals surface area contributed by atoms with Gasteiger partial charge in [-0.25, -0.2) is 8.78 Å². The minimum absolute atomic E-state index is 0.0563. The lowest BCUT2D eigenvalue weighted by Crippen LogP contribution is -2.49. The van der Waals surface area contributed by atoms with Crippen LogP contribution in [0, 0.1) is 11.6 Å². The van der Waals surface area contributed by atoms with Gasteiger partial charge in [-0.2, -0.15) is 0 Å². The van der Waals surface area contributed by atoms with Crippen LogP contribution in [0.4, 0.5) is 14.5 Å². The third-order valence-electron chi connectivity index (χ3n) is 7.01. The largest absolute Gasteiger partial charge is 0.366 e. The lowest BCUT2D eigenvalue weighted by atomic mass is 9.87. The Morgan fingerprint density at radius 2 is 1.57 bits per heavy atom. The standard InChI is InChI=1S/C29H29F2N3O/c1-2-32-20-25(23-7-3-5-9-27(23)32)24(21-11-13-22(30)14-12-21)19-29(35)34-17-15-33(16-18-34)28-10-6-4-8-26(28)31/h3-14,20,24H,2,15-19H2,1H3/t24-/m1/s1. The van der Waals surface area contributed by atoms with Crippen LogP contribution in [0.25, 0.3) is 10.9 Å². The zero-order valence-electron chi connectivity index (χ0n) is 19.8. The Kier molecular flexibility index (Phi) is 6.53. The zero-order chi connectivity index (χ0) is 24.4. The first kappa shape index (κ1) is 23.1.